The van der Waals surface area contributed by atoms with Crippen LogP contribution < -0.4 is 4.90 Å². The van der Waals surface area contributed by atoms with Gasteiger partial charge in [0.1, 0.15) is 0 Å². The average Bonchev–Trinajstić information content (AvgIpc) is 3.73. The smallest absolute Gasteiger partial charge is 0.0541 e. The lowest BCUT2D eigenvalue weighted by molar-refractivity contribution is 1.18. The van der Waals surface area contributed by atoms with E-state index in [4.69, 9.17) is 0 Å². The van der Waals surface area contributed by atoms with E-state index >= 15 is 0 Å². The monoisotopic (exact) mass is 838 g/mol. The molecule has 0 atom stereocenters. The van der Waals surface area contributed by atoms with Gasteiger partial charge in [-0.15, -0.1) is 0 Å². The number of para-hydroxylation sites is 2. The first-order valence-electron chi connectivity index (χ1n) is 22.7. The Labute approximate surface area is 383 Å². The molecule has 0 fully saturated rings. The molecule has 0 radical (unpaired) electrons. The van der Waals surface area contributed by atoms with Gasteiger partial charge in [0, 0.05) is 33.5 Å². The molecule has 0 saturated heterocycles. The summed E-state index contributed by atoms with van der Waals surface area (Å²) in [5.74, 6) is 0. The largest absolute Gasteiger partial charge is 0.310 e. The normalized spacial score (nSPS) is 11.6. The van der Waals surface area contributed by atoms with Crippen molar-refractivity contribution in [3.63, 3.8) is 0 Å². The number of hydrogen-bond acceptors (Lipinski definition) is 1. The molecule has 0 aliphatic carbocycles. The summed E-state index contributed by atoms with van der Waals surface area (Å²) in [6, 6.07) is 93.2. The van der Waals surface area contributed by atoms with E-state index in [2.05, 4.69) is 264 Å². The van der Waals surface area contributed by atoms with Crippen LogP contribution in [0.5, 0.6) is 0 Å². The summed E-state index contributed by atoms with van der Waals surface area (Å²) in [6.45, 7) is 0. The molecule has 0 aliphatic rings. The Kier molecular flexibility index (Phi) is 8.89. The molecule has 0 aliphatic heterocycles. The van der Waals surface area contributed by atoms with Crippen molar-refractivity contribution in [3.8, 4) is 39.1 Å². The van der Waals surface area contributed by atoms with Crippen LogP contribution in [0.4, 0.5) is 17.1 Å². The van der Waals surface area contributed by atoms with Gasteiger partial charge in [-0.05, 0) is 149 Å². The zero-order chi connectivity index (χ0) is 43.6. The van der Waals surface area contributed by atoms with Crippen LogP contribution >= 0.6 is 0 Å². The van der Waals surface area contributed by atoms with Crippen LogP contribution in [0, 0.1) is 0 Å². The number of benzene rings is 12. The summed E-state index contributed by atoms with van der Waals surface area (Å²) in [6.07, 6.45) is 0. The van der Waals surface area contributed by atoms with Gasteiger partial charge in [-0.1, -0.05) is 182 Å². The van der Waals surface area contributed by atoms with E-state index < -0.39 is 0 Å². The SMILES string of the molecule is c1ccc(-c2ccc(N(c3ccc(-c4ccc5c(c4)c4ccccc4n5-c4ccccc4)cc3)c3cccc(-c4ccc5ccc6ccc7ccc8ccccc8c7c6c5c4)c3)cc2)cc1. The summed E-state index contributed by atoms with van der Waals surface area (Å²) in [5, 5.41) is 12.7. The molecule has 1 heterocycles. The standard InChI is InChI=1S/C64H42N2/c1-3-12-43(13-4-1)44-30-35-54(36-31-44)65(55-37-32-45(33-38-55)51-34-39-62-60(42-51)58-20-9-10-21-61(58)66(62)53-16-5-2-6-17-53)56-18-11-15-50(40-56)52-29-24-47-23-26-49-28-27-48-25-22-46-14-7-8-19-57(46)63(48)64(49)59(47)41-52/h1-42H. The zero-order valence-electron chi connectivity index (χ0n) is 36.1. The Morgan fingerprint density at radius 1 is 0.242 bits per heavy atom. The Bertz CT molecular complexity index is 3950. The first kappa shape index (κ1) is 37.8. The third-order valence-corrected chi connectivity index (χ3v) is 13.5. The van der Waals surface area contributed by atoms with Gasteiger partial charge in [0.05, 0.1) is 11.0 Å². The third-order valence-electron chi connectivity index (χ3n) is 13.5. The molecule has 0 N–H and O–H groups in total. The van der Waals surface area contributed by atoms with Gasteiger partial charge in [-0.25, -0.2) is 0 Å². The highest BCUT2D eigenvalue weighted by atomic mass is 15.1. The highest BCUT2D eigenvalue weighted by Crippen LogP contribution is 2.42. The first-order chi connectivity index (χ1) is 32.7. The number of nitrogens with zero attached hydrogens (tertiary/aromatic N) is 2. The molecule has 66 heavy (non-hydrogen) atoms. The number of hydrogen-bond donors (Lipinski definition) is 0. The van der Waals surface area contributed by atoms with Crippen molar-refractivity contribution in [2.24, 2.45) is 0 Å². The molecule has 1 aromatic heterocycles. The average molecular weight is 839 g/mol. The molecule has 0 spiro atoms. The van der Waals surface area contributed by atoms with Crippen molar-refractivity contribution >= 4 is 82.0 Å². The fraction of sp³-hybridized carbons (Fsp3) is 0. The van der Waals surface area contributed by atoms with E-state index in [1.54, 1.807) is 0 Å². The van der Waals surface area contributed by atoms with Crippen LogP contribution in [0.25, 0.3) is 104 Å². The van der Waals surface area contributed by atoms with E-state index in [1.807, 2.05) is 0 Å². The topological polar surface area (TPSA) is 8.17 Å². The van der Waals surface area contributed by atoms with Crippen molar-refractivity contribution in [1.29, 1.82) is 0 Å². The van der Waals surface area contributed by atoms with Crippen LogP contribution in [0.2, 0.25) is 0 Å². The predicted octanol–water partition coefficient (Wildman–Crippen LogP) is 17.9. The third kappa shape index (κ3) is 6.34. The lowest BCUT2D eigenvalue weighted by atomic mass is 9.91. The van der Waals surface area contributed by atoms with Gasteiger partial charge in [0.25, 0.3) is 0 Å². The van der Waals surface area contributed by atoms with Crippen molar-refractivity contribution < 1.29 is 0 Å². The van der Waals surface area contributed by atoms with Gasteiger partial charge in [-0.3, -0.25) is 0 Å². The molecule has 12 aromatic carbocycles. The maximum absolute atomic E-state index is 2.40. The summed E-state index contributed by atoms with van der Waals surface area (Å²) >= 11 is 0. The minimum Gasteiger partial charge on any atom is -0.310 e. The highest BCUT2D eigenvalue weighted by Gasteiger charge is 2.17. The number of fused-ring (bicyclic) bond motifs is 10. The van der Waals surface area contributed by atoms with E-state index in [0.29, 0.717) is 0 Å². The summed E-state index contributed by atoms with van der Waals surface area (Å²) in [4.78, 5) is 2.38. The number of rotatable bonds is 7. The van der Waals surface area contributed by atoms with Gasteiger partial charge in [-0.2, -0.15) is 0 Å². The van der Waals surface area contributed by atoms with Crippen LogP contribution in [-0.2, 0) is 0 Å². The van der Waals surface area contributed by atoms with E-state index in [0.717, 1.165) is 17.1 Å². The minimum absolute atomic E-state index is 1.09. The molecule has 2 nitrogen and oxygen atoms in total. The van der Waals surface area contributed by atoms with Gasteiger partial charge >= 0.3 is 0 Å². The number of anilines is 3. The molecular formula is C64H42N2. The van der Waals surface area contributed by atoms with E-state index in [-0.39, 0.29) is 0 Å². The van der Waals surface area contributed by atoms with E-state index in [9.17, 15) is 0 Å². The molecular weight excluding hydrogens is 797 g/mol. The maximum Gasteiger partial charge on any atom is 0.0541 e. The van der Waals surface area contributed by atoms with Gasteiger partial charge < -0.3 is 9.47 Å². The summed E-state index contributed by atoms with van der Waals surface area (Å²) < 4.78 is 2.37. The highest BCUT2D eigenvalue weighted by molar-refractivity contribution is 6.27. The first-order valence-corrected chi connectivity index (χ1v) is 22.7. The maximum atomic E-state index is 2.40. The Balaban J connectivity index is 0.924. The quantitative estimate of drug-likeness (QED) is 0.145. The summed E-state index contributed by atoms with van der Waals surface area (Å²) in [5.41, 5.74) is 14.0. The van der Waals surface area contributed by atoms with Crippen molar-refractivity contribution in [3.05, 3.63) is 255 Å². The molecule has 0 bridgehead atoms. The molecule has 0 unspecified atom stereocenters. The fourth-order valence-corrected chi connectivity index (χ4v) is 10.3. The minimum atomic E-state index is 1.09. The molecule has 2 heteroatoms. The lowest BCUT2D eigenvalue weighted by Crippen LogP contribution is -2.10. The Morgan fingerprint density at radius 2 is 0.697 bits per heavy atom. The molecule has 0 amide bonds. The molecule has 308 valence electrons. The molecule has 13 rings (SSSR count). The van der Waals surface area contributed by atoms with Crippen molar-refractivity contribution in [1.82, 2.24) is 4.57 Å². The van der Waals surface area contributed by atoms with Crippen LogP contribution in [0.1, 0.15) is 0 Å². The van der Waals surface area contributed by atoms with E-state index in [1.165, 1.54) is 104 Å². The molecule has 13 aromatic rings. The van der Waals surface area contributed by atoms with Crippen LogP contribution in [-0.4, -0.2) is 4.57 Å². The summed E-state index contributed by atoms with van der Waals surface area (Å²) in [7, 11) is 0. The van der Waals surface area contributed by atoms with Gasteiger partial charge in [0.2, 0.25) is 0 Å². The second kappa shape index (κ2) is 15.5. The van der Waals surface area contributed by atoms with Gasteiger partial charge in [0.15, 0.2) is 0 Å². The second-order valence-electron chi connectivity index (χ2n) is 17.3. The molecule has 0 saturated carbocycles. The fourth-order valence-electron chi connectivity index (χ4n) is 10.3. The van der Waals surface area contributed by atoms with Crippen molar-refractivity contribution in [2.75, 3.05) is 4.90 Å². The zero-order valence-corrected chi connectivity index (χ0v) is 36.1. The lowest BCUT2D eigenvalue weighted by Gasteiger charge is -2.26. The second-order valence-corrected chi connectivity index (χ2v) is 17.3. The predicted molar refractivity (Wildman–Crippen MR) is 282 cm³/mol. The Morgan fingerprint density at radius 3 is 1.42 bits per heavy atom. The number of aromatic nitrogens is 1. The van der Waals surface area contributed by atoms with Crippen LogP contribution in [0.15, 0.2) is 255 Å². The van der Waals surface area contributed by atoms with Crippen molar-refractivity contribution in [2.45, 2.75) is 0 Å². The van der Waals surface area contributed by atoms with Crippen LogP contribution in [0.3, 0.4) is 0 Å². The Hall–Kier alpha value is -8.72.